The second-order valence-corrected chi connectivity index (χ2v) is 7.40. The summed E-state index contributed by atoms with van der Waals surface area (Å²) in [5, 5.41) is 0. The average molecular weight is 256 g/mol. The largest absolute Gasteiger partial charge is 0.374 e. The summed E-state index contributed by atoms with van der Waals surface area (Å²) in [6.45, 7) is 13.9. The van der Waals surface area contributed by atoms with E-state index < -0.39 is 0 Å². The van der Waals surface area contributed by atoms with Crippen LogP contribution in [0.15, 0.2) is 0 Å². The normalized spacial score (nSPS) is 30.4. The molecule has 0 aromatic carbocycles. The molecule has 1 rings (SSSR count). The van der Waals surface area contributed by atoms with E-state index in [-0.39, 0.29) is 23.4 Å². The summed E-state index contributed by atoms with van der Waals surface area (Å²) in [6, 6.07) is 0. The topological polar surface area (TPSA) is 27.7 Å². The molecule has 1 heterocycles. The molecule has 1 saturated heterocycles. The van der Waals surface area contributed by atoms with Crippen LogP contribution in [0.25, 0.3) is 0 Å². The van der Waals surface area contributed by atoms with Crippen molar-refractivity contribution in [3.63, 3.8) is 0 Å². The lowest BCUT2D eigenvalue weighted by molar-refractivity contribution is -0.179. The van der Waals surface area contributed by atoms with Crippen molar-refractivity contribution in [1.29, 1.82) is 0 Å². The fourth-order valence-corrected chi connectivity index (χ4v) is 2.08. The van der Waals surface area contributed by atoms with Gasteiger partial charge in [0.15, 0.2) is 0 Å². The van der Waals surface area contributed by atoms with Gasteiger partial charge in [-0.15, -0.1) is 0 Å². The minimum Gasteiger partial charge on any atom is -0.374 e. The molecule has 1 aliphatic rings. The molecule has 0 aromatic heterocycles. The molecule has 106 valence electrons. The van der Waals surface area contributed by atoms with E-state index in [1.165, 1.54) is 0 Å². The summed E-state index contributed by atoms with van der Waals surface area (Å²) in [5.41, 5.74) is -0.260. The first kappa shape index (κ1) is 16.0. The van der Waals surface area contributed by atoms with Crippen molar-refractivity contribution in [3.8, 4) is 0 Å². The van der Waals surface area contributed by atoms with E-state index in [0.29, 0.717) is 12.4 Å². The predicted octanol–water partition coefficient (Wildman–Crippen LogP) is 2.20. The molecule has 18 heavy (non-hydrogen) atoms. The first-order valence-electron chi connectivity index (χ1n) is 7.00. The van der Waals surface area contributed by atoms with Crippen molar-refractivity contribution in [2.24, 2.45) is 0 Å². The van der Waals surface area contributed by atoms with Gasteiger partial charge < -0.3 is 14.2 Å². The third-order valence-electron chi connectivity index (χ3n) is 2.83. The summed E-state index contributed by atoms with van der Waals surface area (Å²) in [7, 11) is 2.21. The van der Waals surface area contributed by atoms with Crippen molar-refractivity contribution in [3.05, 3.63) is 0 Å². The molecule has 0 N–H and O–H groups in total. The second-order valence-electron chi connectivity index (χ2n) is 7.40. The molecule has 0 unspecified atom stereocenters. The lowest BCUT2D eigenvalue weighted by Crippen LogP contribution is -2.46. The maximum Gasteiger partial charge on any atom is 0.108 e. The third-order valence-corrected chi connectivity index (χ3v) is 2.83. The number of hydrogen-bond donors (Lipinski definition) is 0. The quantitative estimate of drug-likeness (QED) is 0.724. The fraction of sp³-hybridized carbons (Fsp3) is 1.00. The van der Waals surface area contributed by atoms with Gasteiger partial charge in [-0.25, -0.2) is 0 Å². The van der Waals surface area contributed by atoms with Gasteiger partial charge >= 0.3 is 0 Å². The highest BCUT2D eigenvalue weighted by Crippen LogP contribution is 2.28. The molecule has 1 fully saturated rings. The van der Waals surface area contributed by atoms with Gasteiger partial charge in [0.05, 0.1) is 23.9 Å². The molecule has 0 aliphatic carbocycles. The Labute approximate surface area is 113 Å². The molecule has 0 bridgehead atoms. The van der Waals surface area contributed by atoms with Crippen LogP contribution in [0, 0.1) is 0 Å². The van der Waals surface area contributed by atoms with Crippen molar-refractivity contribution < 1.29 is 14.2 Å². The molecular weight excluding hydrogens is 227 g/mol. The fourth-order valence-electron chi connectivity index (χ4n) is 2.08. The van der Waals surface area contributed by atoms with Crippen molar-refractivity contribution in [1.82, 2.24) is 0 Å². The first-order valence-corrected chi connectivity index (χ1v) is 7.00. The van der Waals surface area contributed by atoms with Crippen LogP contribution in [0.4, 0.5) is 0 Å². The minimum atomic E-state index is -0.134. The van der Waals surface area contributed by atoms with Crippen LogP contribution in [-0.4, -0.2) is 44.5 Å². The summed E-state index contributed by atoms with van der Waals surface area (Å²) in [5.74, 6) is 0.559. The van der Waals surface area contributed by atoms with E-state index in [1.54, 1.807) is 0 Å². The predicted molar refractivity (Wildman–Crippen MR) is 77.0 cm³/mol. The highest BCUT2D eigenvalue weighted by molar-refractivity contribution is 6.11. The molecule has 0 aromatic rings. The van der Waals surface area contributed by atoms with Crippen LogP contribution < -0.4 is 0 Å². The Morgan fingerprint density at radius 2 is 1.72 bits per heavy atom. The molecule has 3 atom stereocenters. The van der Waals surface area contributed by atoms with Gasteiger partial charge in [-0.05, 0) is 53.8 Å². The van der Waals surface area contributed by atoms with Gasteiger partial charge in [-0.2, -0.15) is 0 Å². The van der Waals surface area contributed by atoms with Crippen LogP contribution in [0.2, 0.25) is 5.82 Å². The Morgan fingerprint density at radius 3 is 2.22 bits per heavy atom. The maximum atomic E-state index is 6.12. The molecular formula is C14H29BO3. The summed E-state index contributed by atoms with van der Waals surface area (Å²) in [6.07, 6.45) is 1.24. The van der Waals surface area contributed by atoms with E-state index in [1.807, 2.05) is 0 Å². The van der Waals surface area contributed by atoms with E-state index in [4.69, 9.17) is 14.2 Å². The lowest BCUT2D eigenvalue weighted by atomic mass is 9.80. The van der Waals surface area contributed by atoms with Crippen molar-refractivity contribution in [2.75, 3.05) is 13.2 Å². The zero-order chi connectivity index (χ0) is 14.0. The Hall–Kier alpha value is -0.0551. The number of ether oxygens (including phenoxy) is 3. The van der Waals surface area contributed by atoms with Gasteiger partial charge in [0.25, 0.3) is 0 Å². The zero-order valence-corrected chi connectivity index (χ0v) is 13.1. The molecule has 0 saturated carbocycles. The van der Waals surface area contributed by atoms with Gasteiger partial charge in [0, 0.05) is 6.61 Å². The molecule has 0 radical (unpaired) electrons. The smallest absolute Gasteiger partial charge is 0.108 e. The molecule has 0 amide bonds. The summed E-state index contributed by atoms with van der Waals surface area (Å²) < 4.78 is 17.9. The summed E-state index contributed by atoms with van der Waals surface area (Å²) >= 11 is 0. The average Bonchev–Trinajstić information content (AvgIpc) is 2.12. The number of hydrogen-bond acceptors (Lipinski definition) is 3. The zero-order valence-electron chi connectivity index (χ0n) is 13.1. The van der Waals surface area contributed by atoms with Gasteiger partial charge in [-0.3, -0.25) is 0 Å². The highest BCUT2D eigenvalue weighted by atomic mass is 16.6. The first-order chi connectivity index (χ1) is 8.07. The lowest BCUT2D eigenvalue weighted by Gasteiger charge is -2.39. The van der Waals surface area contributed by atoms with Gasteiger partial charge in [0.2, 0.25) is 0 Å². The van der Waals surface area contributed by atoms with Crippen LogP contribution in [-0.2, 0) is 14.2 Å². The standard InChI is InChI=1S/C14H29BO3/c1-13(2,3)17-9-12-11(18-14(4,5)6)7-10(15)8-16-12/h10-12H,7-9,15H2,1-6H3/t10-,11-,12+/m0/s1. The van der Waals surface area contributed by atoms with Crippen LogP contribution in [0.1, 0.15) is 48.0 Å². The Morgan fingerprint density at radius 1 is 1.11 bits per heavy atom. The molecule has 1 aliphatic heterocycles. The Bertz CT molecular complexity index is 255. The van der Waals surface area contributed by atoms with Crippen LogP contribution >= 0.6 is 0 Å². The van der Waals surface area contributed by atoms with E-state index in [0.717, 1.165) is 13.0 Å². The van der Waals surface area contributed by atoms with E-state index in [2.05, 4.69) is 49.4 Å². The van der Waals surface area contributed by atoms with Gasteiger partial charge in [-0.1, -0.05) is 0 Å². The number of rotatable bonds is 3. The van der Waals surface area contributed by atoms with E-state index >= 15 is 0 Å². The molecule has 3 nitrogen and oxygen atoms in total. The third kappa shape index (κ3) is 6.21. The second kappa shape index (κ2) is 5.93. The monoisotopic (exact) mass is 256 g/mol. The highest BCUT2D eigenvalue weighted by Gasteiger charge is 2.34. The molecule has 0 spiro atoms. The minimum absolute atomic E-state index is 0.0552. The SMILES string of the molecule is B[C@@H]1CO[C@H](COC(C)(C)C)[C@@H](OC(C)(C)C)C1. The Kier molecular flexibility index (Phi) is 5.27. The molecule has 4 heteroatoms. The van der Waals surface area contributed by atoms with Crippen molar-refractivity contribution in [2.45, 2.75) is 77.2 Å². The Balaban J connectivity index is 2.56. The van der Waals surface area contributed by atoms with Crippen LogP contribution in [0.5, 0.6) is 0 Å². The van der Waals surface area contributed by atoms with Crippen LogP contribution in [0.3, 0.4) is 0 Å². The van der Waals surface area contributed by atoms with Gasteiger partial charge in [0.1, 0.15) is 14.0 Å². The summed E-state index contributed by atoms with van der Waals surface area (Å²) in [4.78, 5) is 0. The van der Waals surface area contributed by atoms with Crippen molar-refractivity contribution >= 4 is 7.85 Å². The van der Waals surface area contributed by atoms with E-state index in [9.17, 15) is 0 Å². The maximum absolute atomic E-state index is 6.12.